The molecule has 1 N–H and O–H groups in total. The Labute approximate surface area is 127 Å². The van der Waals surface area contributed by atoms with Crippen molar-refractivity contribution in [2.45, 2.75) is 51.6 Å². The fraction of sp³-hybridized carbons (Fsp3) is 0.647. The molecule has 2 nitrogen and oxygen atoms in total. The molecule has 0 radical (unpaired) electrons. The van der Waals surface area contributed by atoms with Gasteiger partial charge in [0.05, 0.1) is 0 Å². The minimum atomic E-state index is 0.742. The van der Waals surface area contributed by atoms with Crippen LogP contribution in [0.4, 0.5) is 5.69 Å². The van der Waals surface area contributed by atoms with Crippen LogP contribution in [-0.2, 0) is 6.54 Å². The van der Waals surface area contributed by atoms with Crippen molar-refractivity contribution in [3.05, 3.63) is 28.8 Å². The maximum Gasteiger partial charge on any atom is 0.0412 e. The molecule has 3 rings (SSSR count). The summed E-state index contributed by atoms with van der Waals surface area (Å²) in [5, 5.41) is 4.47. The summed E-state index contributed by atoms with van der Waals surface area (Å²) in [6.07, 6.45) is 6.65. The maximum atomic E-state index is 6.20. The molecule has 1 aromatic rings. The lowest BCUT2D eigenvalue weighted by Gasteiger charge is -2.35. The number of halogens is 1. The van der Waals surface area contributed by atoms with E-state index in [4.69, 9.17) is 11.6 Å². The van der Waals surface area contributed by atoms with Gasteiger partial charge in [-0.2, -0.15) is 0 Å². The van der Waals surface area contributed by atoms with Crippen LogP contribution >= 0.6 is 11.6 Å². The Kier molecular flexibility index (Phi) is 4.52. The van der Waals surface area contributed by atoms with E-state index in [0.29, 0.717) is 0 Å². The van der Waals surface area contributed by atoms with Crippen LogP contribution in [0.5, 0.6) is 0 Å². The van der Waals surface area contributed by atoms with Crippen molar-refractivity contribution < 1.29 is 0 Å². The van der Waals surface area contributed by atoms with Gasteiger partial charge in [0.1, 0.15) is 0 Å². The summed E-state index contributed by atoms with van der Waals surface area (Å²) < 4.78 is 0. The van der Waals surface area contributed by atoms with Crippen LogP contribution in [-0.4, -0.2) is 19.1 Å². The van der Waals surface area contributed by atoms with E-state index in [-0.39, 0.29) is 0 Å². The molecule has 1 atom stereocenters. The van der Waals surface area contributed by atoms with Gasteiger partial charge in [-0.25, -0.2) is 0 Å². The highest BCUT2D eigenvalue weighted by molar-refractivity contribution is 6.30. The first-order valence-corrected chi connectivity index (χ1v) is 8.41. The zero-order chi connectivity index (χ0) is 13.9. The Morgan fingerprint density at radius 2 is 2.15 bits per heavy atom. The Bertz CT molecular complexity index is 456. The number of nitrogens with one attached hydrogen (secondary N) is 1. The normalized spacial score (nSPS) is 23.1. The lowest BCUT2D eigenvalue weighted by molar-refractivity contribution is 0.404. The molecule has 2 aliphatic rings. The van der Waals surface area contributed by atoms with Crippen LogP contribution < -0.4 is 10.2 Å². The smallest absolute Gasteiger partial charge is 0.0412 e. The molecule has 1 saturated heterocycles. The van der Waals surface area contributed by atoms with Gasteiger partial charge in [-0.1, -0.05) is 24.9 Å². The van der Waals surface area contributed by atoms with Gasteiger partial charge >= 0.3 is 0 Å². The highest BCUT2D eigenvalue weighted by Gasteiger charge is 2.23. The maximum absolute atomic E-state index is 6.20. The zero-order valence-corrected chi connectivity index (χ0v) is 13.1. The van der Waals surface area contributed by atoms with E-state index in [2.05, 4.69) is 29.3 Å². The largest absolute Gasteiger partial charge is 0.371 e. The molecule has 1 aliphatic carbocycles. The molecule has 110 valence electrons. The number of anilines is 1. The first kappa shape index (κ1) is 14.2. The second-order valence-corrected chi connectivity index (χ2v) is 6.73. The average Bonchev–Trinajstić information content (AvgIpc) is 3.29. The van der Waals surface area contributed by atoms with E-state index in [9.17, 15) is 0 Å². The van der Waals surface area contributed by atoms with Gasteiger partial charge in [-0.15, -0.1) is 0 Å². The van der Waals surface area contributed by atoms with E-state index in [1.165, 1.54) is 56.4 Å². The fourth-order valence-corrected chi connectivity index (χ4v) is 3.36. The van der Waals surface area contributed by atoms with Crippen molar-refractivity contribution in [1.29, 1.82) is 0 Å². The van der Waals surface area contributed by atoms with Gasteiger partial charge in [-0.3, -0.25) is 0 Å². The minimum absolute atomic E-state index is 0.742. The third-order valence-electron chi connectivity index (χ3n) is 4.64. The van der Waals surface area contributed by atoms with Crippen LogP contribution in [0.1, 0.15) is 44.6 Å². The molecule has 2 fully saturated rings. The minimum Gasteiger partial charge on any atom is -0.371 e. The molecule has 1 aromatic carbocycles. The van der Waals surface area contributed by atoms with Crippen molar-refractivity contribution >= 4 is 17.3 Å². The predicted octanol–water partition coefficient (Wildman–Crippen LogP) is 4.22. The van der Waals surface area contributed by atoms with Gasteiger partial charge in [0.15, 0.2) is 0 Å². The summed E-state index contributed by atoms with van der Waals surface area (Å²) in [5.74, 6) is 0.851. The molecule has 1 aliphatic heterocycles. The van der Waals surface area contributed by atoms with E-state index in [1.807, 2.05) is 6.07 Å². The molecular weight excluding hydrogens is 268 g/mol. The molecule has 20 heavy (non-hydrogen) atoms. The summed E-state index contributed by atoms with van der Waals surface area (Å²) >= 11 is 6.20. The van der Waals surface area contributed by atoms with Crippen LogP contribution in [0.2, 0.25) is 5.02 Å². The number of rotatable bonds is 5. The first-order chi connectivity index (χ1) is 9.76. The summed E-state index contributed by atoms with van der Waals surface area (Å²) in [5.41, 5.74) is 2.75. The molecule has 0 bridgehead atoms. The molecule has 3 heteroatoms. The van der Waals surface area contributed by atoms with Crippen molar-refractivity contribution in [1.82, 2.24) is 5.32 Å². The Hall–Kier alpha value is -0.730. The van der Waals surface area contributed by atoms with Crippen molar-refractivity contribution in [2.75, 3.05) is 18.0 Å². The van der Waals surface area contributed by atoms with Crippen LogP contribution in [0.3, 0.4) is 0 Å². The van der Waals surface area contributed by atoms with Gasteiger partial charge in [0.25, 0.3) is 0 Å². The average molecular weight is 293 g/mol. The highest BCUT2D eigenvalue weighted by Crippen LogP contribution is 2.30. The molecule has 1 saturated carbocycles. The summed E-state index contributed by atoms with van der Waals surface area (Å²) in [7, 11) is 0. The lowest BCUT2D eigenvalue weighted by atomic mass is 9.94. The summed E-state index contributed by atoms with van der Waals surface area (Å²) in [6, 6.07) is 7.13. The SMILES string of the molecule is CCC1CCCN(c2ccc(Cl)cc2CNC2CC2)C1. The number of hydrogen-bond donors (Lipinski definition) is 1. The molecule has 1 unspecified atom stereocenters. The number of piperidine rings is 1. The summed E-state index contributed by atoms with van der Waals surface area (Å²) in [6.45, 7) is 5.66. The van der Waals surface area contributed by atoms with Crippen molar-refractivity contribution in [2.24, 2.45) is 5.92 Å². The van der Waals surface area contributed by atoms with Gasteiger partial charge in [-0.05, 0) is 55.4 Å². The standard InChI is InChI=1S/C17H25ClN2/c1-2-13-4-3-9-20(12-13)17-8-5-15(18)10-14(17)11-19-16-6-7-16/h5,8,10,13,16,19H,2-4,6-7,9,11-12H2,1H3. The van der Waals surface area contributed by atoms with E-state index in [0.717, 1.165) is 23.5 Å². The van der Waals surface area contributed by atoms with Crippen molar-refractivity contribution in [3.63, 3.8) is 0 Å². The van der Waals surface area contributed by atoms with Crippen LogP contribution in [0.15, 0.2) is 18.2 Å². The quantitative estimate of drug-likeness (QED) is 0.874. The van der Waals surface area contributed by atoms with Crippen molar-refractivity contribution in [3.8, 4) is 0 Å². The lowest BCUT2D eigenvalue weighted by Crippen LogP contribution is -2.36. The molecule has 1 heterocycles. The predicted molar refractivity (Wildman–Crippen MR) is 86.5 cm³/mol. The Morgan fingerprint density at radius 3 is 2.90 bits per heavy atom. The zero-order valence-electron chi connectivity index (χ0n) is 12.4. The fourth-order valence-electron chi connectivity index (χ4n) is 3.16. The second-order valence-electron chi connectivity index (χ2n) is 6.29. The van der Waals surface area contributed by atoms with Crippen LogP contribution in [0.25, 0.3) is 0 Å². The number of hydrogen-bond acceptors (Lipinski definition) is 2. The van der Waals surface area contributed by atoms with E-state index >= 15 is 0 Å². The van der Waals surface area contributed by atoms with E-state index in [1.54, 1.807) is 0 Å². The third kappa shape index (κ3) is 3.48. The van der Waals surface area contributed by atoms with Gasteiger partial charge < -0.3 is 10.2 Å². The third-order valence-corrected chi connectivity index (χ3v) is 4.87. The van der Waals surface area contributed by atoms with Crippen LogP contribution in [0, 0.1) is 5.92 Å². The van der Waals surface area contributed by atoms with Gasteiger partial charge in [0.2, 0.25) is 0 Å². The van der Waals surface area contributed by atoms with E-state index < -0.39 is 0 Å². The molecular formula is C17H25ClN2. The first-order valence-electron chi connectivity index (χ1n) is 8.03. The molecule has 0 spiro atoms. The topological polar surface area (TPSA) is 15.3 Å². The monoisotopic (exact) mass is 292 g/mol. The number of benzene rings is 1. The molecule has 0 aromatic heterocycles. The number of nitrogens with zero attached hydrogens (tertiary/aromatic N) is 1. The second kappa shape index (κ2) is 6.36. The van der Waals surface area contributed by atoms with Gasteiger partial charge in [0, 0.05) is 36.4 Å². The Balaban J connectivity index is 1.75. The Morgan fingerprint density at radius 1 is 1.30 bits per heavy atom. The highest BCUT2D eigenvalue weighted by atomic mass is 35.5. The summed E-state index contributed by atoms with van der Waals surface area (Å²) in [4.78, 5) is 2.57. The molecule has 0 amide bonds.